The highest BCUT2D eigenvalue weighted by Gasteiger charge is 2.32. The Balaban J connectivity index is 1.33. The molecule has 0 saturated carbocycles. The Bertz CT molecular complexity index is 1260. The van der Waals surface area contributed by atoms with Gasteiger partial charge in [-0.1, -0.05) is 13.0 Å². The molecule has 1 fully saturated rings. The molecular weight excluding hydrogens is 450 g/mol. The molecule has 3 N–H and O–H groups in total. The van der Waals surface area contributed by atoms with Crippen LogP contribution in [-0.4, -0.2) is 53.2 Å². The Morgan fingerprint density at radius 3 is 2.53 bits per heavy atom. The first-order chi connectivity index (χ1) is 17.5. The third-order valence-electron chi connectivity index (χ3n) is 7.40. The lowest BCUT2D eigenvalue weighted by molar-refractivity contribution is 0.0149. The van der Waals surface area contributed by atoms with Crippen LogP contribution in [0.25, 0.3) is 0 Å². The summed E-state index contributed by atoms with van der Waals surface area (Å²) in [6, 6.07) is 16.5. The molecule has 1 atom stereocenters. The largest absolute Gasteiger partial charge is 0.385 e. The SMILES string of the molecule is CCC1(O)CCCc2ccc(Nc3nc(Nc4ccc(N5CCN(C)CC5)cc4)ncc3C#N)cc21. The molecule has 36 heavy (non-hydrogen) atoms. The fourth-order valence-corrected chi connectivity index (χ4v) is 5.08. The number of aryl methyl sites for hydroxylation is 1. The molecule has 0 spiro atoms. The molecule has 0 bridgehead atoms. The molecule has 1 aliphatic carbocycles. The smallest absolute Gasteiger partial charge is 0.229 e. The van der Waals surface area contributed by atoms with E-state index in [0.717, 1.165) is 62.4 Å². The van der Waals surface area contributed by atoms with Crippen molar-refractivity contribution in [1.82, 2.24) is 14.9 Å². The van der Waals surface area contributed by atoms with E-state index >= 15 is 0 Å². The molecule has 8 heteroatoms. The molecule has 5 rings (SSSR count). The summed E-state index contributed by atoms with van der Waals surface area (Å²) in [5, 5.41) is 27.3. The molecule has 0 radical (unpaired) electrons. The molecule has 0 amide bonds. The van der Waals surface area contributed by atoms with Crippen molar-refractivity contribution in [1.29, 1.82) is 5.26 Å². The number of nitriles is 1. The second kappa shape index (κ2) is 10.1. The van der Waals surface area contributed by atoms with Crippen molar-refractivity contribution in [3.63, 3.8) is 0 Å². The Kier molecular flexibility index (Phi) is 6.77. The van der Waals surface area contributed by atoms with Crippen LogP contribution in [0.5, 0.6) is 0 Å². The van der Waals surface area contributed by atoms with E-state index in [4.69, 9.17) is 0 Å². The van der Waals surface area contributed by atoms with Gasteiger partial charge in [-0.05, 0) is 80.3 Å². The molecule has 2 heterocycles. The van der Waals surface area contributed by atoms with Gasteiger partial charge in [-0.25, -0.2) is 4.98 Å². The van der Waals surface area contributed by atoms with E-state index in [1.54, 1.807) is 0 Å². The zero-order chi connectivity index (χ0) is 25.1. The van der Waals surface area contributed by atoms with Crippen molar-refractivity contribution in [2.24, 2.45) is 0 Å². The molecule has 1 aliphatic heterocycles. The summed E-state index contributed by atoms with van der Waals surface area (Å²) in [6.07, 6.45) is 4.91. The summed E-state index contributed by atoms with van der Waals surface area (Å²) in [5.41, 5.74) is 4.57. The van der Waals surface area contributed by atoms with Gasteiger partial charge < -0.3 is 25.5 Å². The van der Waals surface area contributed by atoms with Crippen molar-refractivity contribution in [3.8, 4) is 6.07 Å². The van der Waals surface area contributed by atoms with Crippen molar-refractivity contribution < 1.29 is 5.11 Å². The van der Waals surface area contributed by atoms with E-state index in [-0.39, 0.29) is 0 Å². The van der Waals surface area contributed by atoms with Gasteiger partial charge in [0.1, 0.15) is 11.6 Å². The number of benzene rings is 2. The molecule has 1 aromatic heterocycles. The number of nitrogens with zero attached hydrogens (tertiary/aromatic N) is 5. The third-order valence-corrected chi connectivity index (χ3v) is 7.40. The molecule has 186 valence electrons. The van der Waals surface area contributed by atoms with Gasteiger partial charge in [0.25, 0.3) is 0 Å². The molecular formula is C28H33N7O. The highest BCUT2D eigenvalue weighted by atomic mass is 16.3. The molecule has 2 aromatic carbocycles. The number of piperazine rings is 1. The van der Waals surface area contributed by atoms with Gasteiger partial charge in [0.05, 0.1) is 11.8 Å². The highest BCUT2D eigenvalue weighted by molar-refractivity contribution is 5.67. The number of likely N-dealkylation sites (N-methyl/N-ethyl adjacent to an activating group) is 1. The van der Waals surface area contributed by atoms with Crippen LogP contribution in [0.4, 0.5) is 28.8 Å². The molecule has 1 saturated heterocycles. The van der Waals surface area contributed by atoms with Gasteiger partial charge in [0.15, 0.2) is 5.82 Å². The zero-order valence-corrected chi connectivity index (χ0v) is 21.0. The van der Waals surface area contributed by atoms with Crippen LogP contribution >= 0.6 is 0 Å². The van der Waals surface area contributed by atoms with Gasteiger partial charge in [0.2, 0.25) is 5.95 Å². The average molecular weight is 484 g/mol. The minimum Gasteiger partial charge on any atom is -0.385 e. The summed E-state index contributed by atoms with van der Waals surface area (Å²) < 4.78 is 0. The number of hydrogen-bond donors (Lipinski definition) is 3. The maximum absolute atomic E-state index is 11.1. The monoisotopic (exact) mass is 483 g/mol. The first-order valence-electron chi connectivity index (χ1n) is 12.7. The summed E-state index contributed by atoms with van der Waals surface area (Å²) in [5.74, 6) is 0.840. The maximum Gasteiger partial charge on any atom is 0.229 e. The third kappa shape index (κ3) is 4.99. The van der Waals surface area contributed by atoms with E-state index in [1.807, 2.05) is 31.2 Å². The van der Waals surface area contributed by atoms with Crippen LogP contribution in [-0.2, 0) is 12.0 Å². The fourth-order valence-electron chi connectivity index (χ4n) is 5.08. The van der Waals surface area contributed by atoms with Gasteiger partial charge in [0, 0.05) is 43.2 Å². The normalized spacial score (nSPS) is 19.9. The zero-order valence-electron chi connectivity index (χ0n) is 21.0. The van der Waals surface area contributed by atoms with Gasteiger partial charge in [-0.2, -0.15) is 10.2 Å². The van der Waals surface area contributed by atoms with Gasteiger partial charge in [-0.3, -0.25) is 0 Å². The minimum atomic E-state index is -0.808. The van der Waals surface area contributed by atoms with Crippen LogP contribution in [0.1, 0.15) is 42.9 Å². The Morgan fingerprint density at radius 2 is 1.81 bits per heavy atom. The molecule has 8 nitrogen and oxygen atoms in total. The fraction of sp³-hybridized carbons (Fsp3) is 0.393. The van der Waals surface area contributed by atoms with Crippen LogP contribution < -0.4 is 15.5 Å². The Morgan fingerprint density at radius 1 is 1.06 bits per heavy atom. The number of aliphatic hydroxyl groups is 1. The lowest BCUT2D eigenvalue weighted by Gasteiger charge is -2.34. The molecule has 3 aromatic rings. The average Bonchev–Trinajstić information content (AvgIpc) is 2.90. The van der Waals surface area contributed by atoms with Crippen molar-refractivity contribution in [2.75, 3.05) is 48.8 Å². The summed E-state index contributed by atoms with van der Waals surface area (Å²) in [7, 11) is 2.15. The number of fused-ring (bicyclic) bond motifs is 1. The minimum absolute atomic E-state index is 0.356. The molecule has 2 aliphatic rings. The van der Waals surface area contributed by atoms with Crippen LogP contribution in [0, 0.1) is 11.3 Å². The predicted molar refractivity (Wildman–Crippen MR) is 143 cm³/mol. The number of anilines is 5. The lowest BCUT2D eigenvalue weighted by atomic mass is 9.77. The number of rotatable bonds is 6. The van der Waals surface area contributed by atoms with E-state index in [2.05, 4.69) is 61.7 Å². The van der Waals surface area contributed by atoms with Crippen molar-refractivity contribution in [3.05, 3.63) is 65.4 Å². The van der Waals surface area contributed by atoms with Crippen molar-refractivity contribution in [2.45, 2.75) is 38.2 Å². The van der Waals surface area contributed by atoms with Gasteiger partial charge in [-0.15, -0.1) is 0 Å². The number of hydrogen-bond acceptors (Lipinski definition) is 8. The van der Waals surface area contributed by atoms with Gasteiger partial charge >= 0.3 is 0 Å². The van der Waals surface area contributed by atoms with Crippen molar-refractivity contribution >= 4 is 28.8 Å². The predicted octanol–water partition coefficient (Wildman–Crippen LogP) is 4.52. The van der Waals surface area contributed by atoms with E-state index in [0.29, 0.717) is 23.8 Å². The first-order valence-corrected chi connectivity index (χ1v) is 12.7. The van der Waals surface area contributed by atoms with E-state index < -0.39 is 5.60 Å². The second-order valence-corrected chi connectivity index (χ2v) is 9.77. The maximum atomic E-state index is 11.1. The quantitative estimate of drug-likeness (QED) is 0.471. The number of nitrogens with one attached hydrogen (secondary N) is 2. The summed E-state index contributed by atoms with van der Waals surface area (Å²) in [6.45, 7) is 6.20. The standard InChI is InChI=1S/C28H33N7O/c1-3-28(36)12-4-5-20-6-7-23(17-25(20)28)31-26-21(18-29)19-30-27(33-26)32-22-8-10-24(11-9-22)35-15-13-34(2)14-16-35/h6-11,17,19,36H,3-5,12-16H2,1-2H3,(H2,30,31,32,33). The summed E-state index contributed by atoms with van der Waals surface area (Å²) >= 11 is 0. The van der Waals surface area contributed by atoms with Crippen LogP contribution in [0.3, 0.4) is 0 Å². The van der Waals surface area contributed by atoms with E-state index in [1.165, 1.54) is 17.4 Å². The second-order valence-electron chi connectivity index (χ2n) is 9.77. The Labute approximate surface area is 212 Å². The van der Waals surface area contributed by atoms with Crippen LogP contribution in [0.15, 0.2) is 48.7 Å². The highest BCUT2D eigenvalue weighted by Crippen LogP contribution is 2.39. The lowest BCUT2D eigenvalue weighted by Crippen LogP contribution is -2.44. The molecule has 1 unspecified atom stereocenters. The Hall–Kier alpha value is -3.67. The number of aromatic nitrogens is 2. The topological polar surface area (TPSA) is 100 Å². The summed E-state index contributed by atoms with van der Waals surface area (Å²) in [4.78, 5) is 13.7. The van der Waals surface area contributed by atoms with E-state index in [9.17, 15) is 10.4 Å². The first kappa shape index (κ1) is 24.0. The van der Waals surface area contributed by atoms with Crippen LogP contribution in [0.2, 0.25) is 0 Å².